The second-order valence-electron chi connectivity index (χ2n) is 3.67. The van der Waals surface area contributed by atoms with Crippen molar-refractivity contribution in [1.82, 2.24) is 5.16 Å². The number of aromatic nitrogens is 1. The van der Waals surface area contributed by atoms with Crippen molar-refractivity contribution >= 4 is 22.2 Å². The highest BCUT2D eigenvalue weighted by atomic mass is 79.9. The molecule has 0 aliphatic rings. The molecule has 3 nitrogen and oxygen atoms in total. The van der Waals surface area contributed by atoms with Gasteiger partial charge in [-0.3, -0.25) is 0 Å². The first kappa shape index (κ1) is 12.9. The molecule has 0 radical (unpaired) electrons. The van der Waals surface area contributed by atoms with Gasteiger partial charge < -0.3 is 9.32 Å². The Labute approximate surface area is 110 Å². The smallest absolute Gasteiger partial charge is 0.159 e. The molecule has 1 aromatic carbocycles. The number of aldehydes is 1. The van der Waals surface area contributed by atoms with Gasteiger partial charge >= 0.3 is 0 Å². The average Bonchev–Trinajstić information content (AvgIpc) is 2.74. The molecule has 0 saturated heterocycles. The van der Waals surface area contributed by atoms with Gasteiger partial charge in [0.25, 0.3) is 0 Å². The van der Waals surface area contributed by atoms with E-state index in [4.69, 9.17) is 4.52 Å². The molecule has 0 saturated carbocycles. The second kappa shape index (κ2) is 4.97. The first-order valence-corrected chi connectivity index (χ1v) is 5.97. The number of halogens is 3. The van der Waals surface area contributed by atoms with Gasteiger partial charge in [-0.2, -0.15) is 0 Å². The minimum atomic E-state index is -0.976. The molecule has 94 valence electrons. The van der Waals surface area contributed by atoms with Crippen molar-refractivity contribution < 1.29 is 18.1 Å². The summed E-state index contributed by atoms with van der Waals surface area (Å²) in [5, 5.41) is 3.77. The van der Waals surface area contributed by atoms with Gasteiger partial charge in [0.2, 0.25) is 0 Å². The standard InChI is InChI=1S/C12H8BrF2NO2/c1-6-11(8(13)5-17)12(16-18-6)7-2-3-9(14)10(15)4-7/h2-5,8H,1H3. The van der Waals surface area contributed by atoms with Crippen LogP contribution in [0.5, 0.6) is 0 Å². The van der Waals surface area contributed by atoms with E-state index < -0.39 is 16.5 Å². The van der Waals surface area contributed by atoms with Crippen LogP contribution in [0.15, 0.2) is 22.7 Å². The number of rotatable bonds is 3. The highest BCUT2D eigenvalue weighted by Crippen LogP contribution is 2.34. The van der Waals surface area contributed by atoms with Crippen molar-refractivity contribution in [3.63, 3.8) is 0 Å². The minimum absolute atomic E-state index is 0.320. The number of alkyl halides is 1. The third kappa shape index (κ3) is 2.20. The van der Waals surface area contributed by atoms with Crippen LogP contribution in [0.4, 0.5) is 8.78 Å². The summed E-state index contributed by atoms with van der Waals surface area (Å²) in [6, 6.07) is 3.40. The molecule has 1 unspecified atom stereocenters. The molecule has 0 bridgehead atoms. The molecule has 2 rings (SSSR count). The zero-order chi connectivity index (χ0) is 13.3. The Morgan fingerprint density at radius 1 is 1.39 bits per heavy atom. The first-order chi connectivity index (χ1) is 8.54. The van der Waals surface area contributed by atoms with Crippen LogP contribution in [0.25, 0.3) is 11.3 Å². The lowest BCUT2D eigenvalue weighted by molar-refractivity contribution is -0.107. The monoisotopic (exact) mass is 315 g/mol. The summed E-state index contributed by atoms with van der Waals surface area (Å²) >= 11 is 3.16. The largest absolute Gasteiger partial charge is 0.361 e. The summed E-state index contributed by atoms with van der Waals surface area (Å²) < 4.78 is 31.0. The quantitative estimate of drug-likeness (QED) is 0.642. The van der Waals surface area contributed by atoms with Crippen LogP contribution in [0.3, 0.4) is 0 Å². The zero-order valence-corrected chi connectivity index (χ0v) is 10.9. The molecular formula is C12H8BrF2NO2. The molecule has 1 atom stereocenters. The van der Waals surface area contributed by atoms with Crippen molar-refractivity contribution in [1.29, 1.82) is 0 Å². The fraction of sp³-hybridized carbons (Fsp3) is 0.167. The van der Waals surface area contributed by atoms with E-state index in [-0.39, 0.29) is 0 Å². The second-order valence-corrected chi connectivity index (χ2v) is 4.65. The molecule has 6 heteroatoms. The van der Waals surface area contributed by atoms with Crippen molar-refractivity contribution in [2.24, 2.45) is 0 Å². The van der Waals surface area contributed by atoms with E-state index >= 15 is 0 Å². The van der Waals surface area contributed by atoms with Crippen LogP contribution in [-0.4, -0.2) is 11.4 Å². The number of nitrogens with zero attached hydrogens (tertiary/aromatic N) is 1. The fourth-order valence-electron chi connectivity index (χ4n) is 1.62. The van der Waals surface area contributed by atoms with Crippen molar-refractivity contribution in [3.8, 4) is 11.3 Å². The minimum Gasteiger partial charge on any atom is -0.361 e. The highest BCUT2D eigenvalue weighted by molar-refractivity contribution is 9.09. The predicted octanol–water partition coefficient (Wildman–Crippen LogP) is 3.56. The van der Waals surface area contributed by atoms with E-state index in [2.05, 4.69) is 21.1 Å². The number of carbonyl (C=O) groups is 1. The molecule has 0 fully saturated rings. The molecule has 1 heterocycles. The van der Waals surface area contributed by atoms with E-state index in [0.717, 1.165) is 12.1 Å². The maximum Gasteiger partial charge on any atom is 0.159 e. The highest BCUT2D eigenvalue weighted by Gasteiger charge is 2.21. The van der Waals surface area contributed by atoms with Crippen molar-refractivity contribution in [2.45, 2.75) is 11.8 Å². The topological polar surface area (TPSA) is 43.1 Å². The molecule has 1 aromatic heterocycles. The van der Waals surface area contributed by atoms with Gasteiger partial charge in [-0.1, -0.05) is 21.1 Å². The molecule has 0 spiro atoms. The lowest BCUT2D eigenvalue weighted by Gasteiger charge is -2.04. The SMILES string of the molecule is Cc1onc(-c2ccc(F)c(F)c2)c1C(Br)C=O. The third-order valence-corrected chi connectivity index (χ3v) is 3.17. The van der Waals surface area contributed by atoms with Gasteiger partial charge in [-0.25, -0.2) is 8.78 Å². The van der Waals surface area contributed by atoms with Crippen LogP contribution in [0, 0.1) is 18.6 Å². The molecule has 0 N–H and O–H groups in total. The Morgan fingerprint density at radius 3 is 2.72 bits per heavy atom. The number of benzene rings is 1. The van der Waals surface area contributed by atoms with E-state index in [1.54, 1.807) is 6.92 Å². The van der Waals surface area contributed by atoms with Gasteiger partial charge in [0, 0.05) is 11.1 Å². The summed E-state index contributed by atoms with van der Waals surface area (Å²) in [4.78, 5) is 10.2. The maximum absolute atomic E-state index is 13.2. The van der Waals surface area contributed by atoms with Crippen molar-refractivity contribution in [3.05, 3.63) is 41.2 Å². The number of carbonyl (C=O) groups excluding carboxylic acids is 1. The van der Waals surface area contributed by atoms with Gasteiger partial charge in [0.15, 0.2) is 11.6 Å². The van der Waals surface area contributed by atoms with Gasteiger partial charge in [-0.05, 0) is 25.1 Å². The number of hydrogen-bond donors (Lipinski definition) is 0. The normalized spacial score (nSPS) is 12.4. The fourth-order valence-corrected chi connectivity index (χ4v) is 2.16. The van der Waals surface area contributed by atoms with Gasteiger partial charge in [-0.15, -0.1) is 0 Å². The first-order valence-electron chi connectivity index (χ1n) is 5.05. The van der Waals surface area contributed by atoms with E-state index in [1.807, 2.05) is 0 Å². The lowest BCUT2D eigenvalue weighted by atomic mass is 10.0. The summed E-state index contributed by atoms with van der Waals surface area (Å²) in [6.07, 6.45) is 0.670. The van der Waals surface area contributed by atoms with Crippen LogP contribution in [0.1, 0.15) is 16.2 Å². The van der Waals surface area contributed by atoms with Crippen LogP contribution in [-0.2, 0) is 4.79 Å². The van der Waals surface area contributed by atoms with Crippen molar-refractivity contribution in [2.75, 3.05) is 0 Å². The summed E-state index contributed by atoms with van der Waals surface area (Å²) in [6.45, 7) is 1.64. The molecular weight excluding hydrogens is 308 g/mol. The number of hydrogen-bond acceptors (Lipinski definition) is 3. The maximum atomic E-state index is 13.2. The average molecular weight is 316 g/mol. The molecule has 0 aliphatic heterocycles. The number of aryl methyl sites for hydroxylation is 1. The predicted molar refractivity (Wildman–Crippen MR) is 64.3 cm³/mol. The Hall–Kier alpha value is -1.56. The lowest BCUT2D eigenvalue weighted by Crippen LogP contribution is -1.95. The summed E-state index contributed by atoms with van der Waals surface area (Å²) in [5.74, 6) is -1.47. The van der Waals surface area contributed by atoms with E-state index in [0.29, 0.717) is 28.9 Å². The van der Waals surface area contributed by atoms with E-state index in [9.17, 15) is 13.6 Å². The third-order valence-electron chi connectivity index (χ3n) is 2.50. The summed E-state index contributed by atoms with van der Waals surface area (Å²) in [7, 11) is 0. The molecule has 2 aromatic rings. The molecule has 0 aliphatic carbocycles. The Balaban J connectivity index is 2.57. The Morgan fingerprint density at radius 2 is 2.11 bits per heavy atom. The summed E-state index contributed by atoms with van der Waals surface area (Å²) in [5.41, 5.74) is 1.18. The van der Waals surface area contributed by atoms with E-state index in [1.165, 1.54) is 6.07 Å². The van der Waals surface area contributed by atoms with Crippen LogP contribution < -0.4 is 0 Å². The van der Waals surface area contributed by atoms with Crippen LogP contribution >= 0.6 is 15.9 Å². The van der Waals surface area contributed by atoms with Gasteiger partial charge in [0.1, 0.15) is 22.6 Å². The molecule has 0 amide bonds. The Kier molecular flexibility index (Phi) is 3.56. The zero-order valence-electron chi connectivity index (χ0n) is 9.28. The van der Waals surface area contributed by atoms with Gasteiger partial charge in [0.05, 0.1) is 0 Å². The Bertz CT molecular complexity index is 598. The molecule has 18 heavy (non-hydrogen) atoms. The van der Waals surface area contributed by atoms with Crippen LogP contribution in [0.2, 0.25) is 0 Å².